The molecule has 0 amide bonds. The molecular weight excluding hydrogens is 248 g/mol. The Kier molecular flexibility index (Phi) is 3.66. The number of fused-ring (bicyclic) bond motifs is 1. The van der Waals surface area contributed by atoms with E-state index >= 15 is 0 Å². The van der Waals surface area contributed by atoms with Crippen LogP contribution in [0.5, 0.6) is 6.01 Å². The molecule has 0 aromatic carbocycles. The summed E-state index contributed by atoms with van der Waals surface area (Å²) in [6.45, 7) is 2.09. The maximum atomic E-state index is 10.9. The van der Waals surface area contributed by atoms with Crippen LogP contribution >= 0.6 is 0 Å². The van der Waals surface area contributed by atoms with Crippen molar-refractivity contribution in [2.24, 2.45) is 5.73 Å². The molecule has 102 valence electrons. The van der Waals surface area contributed by atoms with Gasteiger partial charge in [0.15, 0.2) is 0 Å². The van der Waals surface area contributed by atoms with Crippen molar-refractivity contribution in [3.05, 3.63) is 17.5 Å². The van der Waals surface area contributed by atoms with Gasteiger partial charge in [0.25, 0.3) is 0 Å². The number of aromatic nitrogens is 3. The average molecular weight is 264 g/mol. The Balaban J connectivity index is 2.52. The molecule has 0 radical (unpaired) electrons. The first-order chi connectivity index (χ1) is 9.06. The number of carboxylic acids is 1. The van der Waals surface area contributed by atoms with E-state index in [1.165, 1.54) is 7.11 Å². The highest BCUT2D eigenvalue weighted by molar-refractivity contribution is 5.84. The zero-order valence-electron chi connectivity index (χ0n) is 10.8. The molecule has 7 heteroatoms. The van der Waals surface area contributed by atoms with Gasteiger partial charge in [-0.1, -0.05) is 0 Å². The SMILES string of the molecule is COc1nc(C)c2c(C(CN)CC(=O)O)c[nH]c2n1. The highest BCUT2D eigenvalue weighted by Crippen LogP contribution is 2.29. The van der Waals surface area contributed by atoms with E-state index in [0.29, 0.717) is 5.65 Å². The van der Waals surface area contributed by atoms with Crippen molar-refractivity contribution in [2.75, 3.05) is 13.7 Å². The number of H-pyrrole nitrogens is 1. The zero-order valence-corrected chi connectivity index (χ0v) is 10.8. The van der Waals surface area contributed by atoms with Crippen molar-refractivity contribution in [1.82, 2.24) is 15.0 Å². The standard InChI is InChI=1S/C12H16N4O3/c1-6-10-8(7(4-13)3-9(17)18)5-14-11(10)16-12(15-6)19-2/h5,7H,3-4,13H2,1-2H3,(H,17,18)(H,14,15,16). The van der Waals surface area contributed by atoms with Gasteiger partial charge in [-0.05, 0) is 19.0 Å². The zero-order chi connectivity index (χ0) is 14.0. The molecule has 0 fully saturated rings. The third-order valence-corrected chi connectivity index (χ3v) is 3.05. The molecule has 0 saturated carbocycles. The van der Waals surface area contributed by atoms with E-state index in [4.69, 9.17) is 15.6 Å². The number of rotatable bonds is 5. The van der Waals surface area contributed by atoms with Gasteiger partial charge >= 0.3 is 12.0 Å². The molecule has 2 rings (SSSR count). The molecule has 2 aromatic rings. The summed E-state index contributed by atoms with van der Waals surface area (Å²) in [5, 5.41) is 9.74. The van der Waals surface area contributed by atoms with Crippen molar-refractivity contribution >= 4 is 17.0 Å². The summed E-state index contributed by atoms with van der Waals surface area (Å²) in [7, 11) is 1.50. The second-order valence-electron chi connectivity index (χ2n) is 4.29. The number of hydrogen-bond donors (Lipinski definition) is 3. The third-order valence-electron chi connectivity index (χ3n) is 3.05. The van der Waals surface area contributed by atoms with E-state index in [-0.39, 0.29) is 24.9 Å². The first-order valence-corrected chi connectivity index (χ1v) is 5.88. The minimum absolute atomic E-state index is 0.0189. The molecule has 1 atom stereocenters. The van der Waals surface area contributed by atoms with Crippen LogP contribution in [0, 0.1) is 6.92 Å². The molecule has 0 spiro atoms. The number of carboxylic acid groups (broad SMARTS) is 1. The molecule has 0 bridgehead atoms. The van der Waals surface area contributed by atoms with E-state index in [9.17, 15) is 4.79 Å². The molecule has 0 aliphatic carbocycles. The van der Waals surface area contributed by atoms with Crippen molar-refractivity contribution in [2.45, 2.75) is 19.3 Å². The summed E-state index contributed by atoms with van der Waals surface area (Å²) in [6.07, 6.45) is 1.72. The minimum Gasteiger partial charge on any atom is -0.481 e. The number of nitrogens with one attached hydrogen (secondary N) is 1. The van der Waals surface area contributed by atoms with Gasteiger partial charge < -0.3 is 20.6 Å². The summed E-state index contributed by atoms with van der Waals surface area (Å²) in [4.78, 5) is 22.3. The fraction of sp³-hybridized carbons (Fsp3) is 0.417. The Morgan fingerprint density at radius 2 is 2.32 bits per heavy atom. The van der Waals surface area contributed by atoms with Crippen LogP contribution in [0.1, 0.15) is 23.6 Å². The molecule has 2 heterocycles. The lowest BCUT2D eigenvalue weighted by atomic mass is 9.95. The lowest BCUT2D eigenvalue weighted by Crippen LogP contribution is -2.16. The molecule has 19 heavy (non-hydrogen) atoms. The van der Waals surface area contributed by atoms with Crippen molar-refractivity contribution in [3.63, 3.8) is 0 Å². The number of ether oxygens (including phenoxy) is 1. The van der Waals surface area contributed by atoms with Crippen LogP contribution < -0.4 is 10.5 Å². The Morgan fingerprint density at radius 3 is 2.89 bits per heavy atom. The average Bonchev–Trinajstić information content (AvgIpc) is 2.79. The normalized spacial score (nSPS) is 12.6. The van der Waals surface area contributed by atoms with Gasteiger partial charge in [0, 0.05) is 17.5 Å². The van der Waals surface area contributed by atoms with Crippen molar-refractivity contribution in [3.8, 4) is 6.01 Å². The number of methoxy groups -OCH3 is 1. The van der Waals surface area contributed by atoms with Gasteiger partial charge in [-0.3, -0.25) is 4.79 Å². The highest BCUT2D eigenvalue weighted by atomic mass is 16.5. The maximum Gasteiger partial charge on any atom is 0.318 e. The minimum atomic E-state index is -0.878. The predicted molar refractivity (Wildman–Crippen MR) is 69.2 cm³/mol. The summed E-state index contributed by atoms with van der Waals surface area (Å²) in [6, 6.07) is 0.279. The summed E-state index contributed by atoms with van der Waals surface area (Å²) < 4.78 is 5.00. The Morgan fingerprint density at radius 1 is 1.58 bits per heavy atom. The molecule has 1 unspecified atom stereocenters. The fourth-order valence-corrected chi connectivity index (χ4v) is 2.16. The molecular formula is C12H16N4O3. The van der Waals surface area contributed by atoms with Gasteiger partial charge in [0.1, 0.15) is 5.65 Å². The third kappa shape index (κ3) is 2.50. The monoisotopic (exact) mass is 264 g/mol. The Bertz CT molecular complexity index is 608. The quantitative estimate of drug-likeness (QED) is 0.735. The number of hydrogen-bond acceptors (Lipinski definition) is 5. The lowest BCUT2D eigenvalue weighted by molar-refractivity contribution is -0.137. The van der Waals surface area contributed by atoms with Crippen LogP contribution in [0.2, 0.25) is 0 Å². The molecule has 2 aromatic heterocycles. The van der Waals surface area contributed by atoms with Gasteiger partial charge in [0.2, 0.25) is 0 Å². The number of aliphatic carboxylic acids is 1. The van der Waals surface area contributed by atoms with Crippen molar-refractivity contribution in [1.29, 1.82) is 0 Å². The number of aromatic amines is 1. The van der Waals surface area contributed by atoms with E-state index < -0.39 is 5.97 Å². The van der Waals surface area contributed by atoms with E-state index in [2.05, 4.69) is 15.0 Å². The lowest BCUT2D eigenvalue weighted by Gasteiger charge is -2.12. The van der Waals surface area contributed by atoms with Crippen LogP contribution in [0.15, 0.2) is 6.20 Å². The number of nitrogens with two attached hydrogens (primary N) is 1. The molecule has 0 aliphatic rings. The van der Waals surface area contributed by atoms with E-state index in [1.807, 2.05) is 6.92 Å². The second-order valence-corrected chi connectivity index (χ2v) is 4.29. The largest absolute Gasteiger partial charge is 0.481 e. The highest BCUT2D eigenvalue weighted by Gasteiger charge is 2.20. The number of nitrogens with zero attached hydrogens (tertiary/aromatic N) is 2. The summed E-state index contributed by atoms with van der Waals surface area (Å²) in [5.41, 5.74) is 7.87. The summed E-state index contributed by atoms with van der Waals surface area (Å²) >= 11 is 0. The maximum absolute atomic E-state index is 10.9. The van der Waals surface area contributed by atoms with Gasteiger partial charge in [0.05, 0.1) is 19.2 Å². The number of aryl methyl sites for hydroxylation is 1. The van der Waals surface area contributed by atoms with Gasteiger partial charge in [-0.25, -0.2) is 0 Å². The molecule has 0 aliphatic heterocycles. The van der Waals surface area contributed by atoms with Crippen LogP contribution in [0.25, 0.3) is 11.0 Å². The van der Waals surface area contributed by atoms with Crippen LogP contribution in [-0.2, 0) is 4.79 Å². The first-order valence-electron chi connectivity index (χ1n) is 5.88. The topological polar surface area (TPSA) is 114 Å². The molecule has 4 N–H and O–H groups in total. The smallest absolute Gasteiger partial charge is 0.318 e. The van der Waals surface area contributed by atoms with Crippen LogP contribution in [0.3, 0.4) is 0 Å². The Labute approximate surface area is 109 Å². The number of carbonyl (C=O) groups is 1. The predicted octanol–water partition coefficient (Wildman–Crippen LogP) is 0.792. The summed E-state index contributed by atoms with van der Waals surface area (Å²) in [5.74, 6) is -1.14. The van der Waals surface area contributed by atoms with Crippen LogP contribution in [0.4, 0.5) is 0 Å². The Hall–Kier alpha value is -2.15. The van der Waals surface area contributed by atoms with Gasteiger partial charge in [-0.15, -0.1) is 0 Å². The van der Waals surface area contributed by atoms with Gasteiger partial charge in [-0.2, -0.15) is 9.97 Å². The van der Waals surface area contributed by atoms with E-state index in [1.54, 1.807) is 6.20 Å². The molecule has 0 saturated heterocycles. The van der Waals surface area contributed by atoms with Crippen molar-refractivity contribution < 1.29 is 14.6 Å². The fourth-order valence-electron chi connectivity index (χ4n) is 2.16. The first kappa shape index (κ1) is 13.3. The van der Waals surface area contributed by atoms with Crippen LogP contribution in [-0.4, -0.2) is 39.7 Å². The molecule has 7 nitrogen and oxygen atoms in total. The second kappa shape index (κ2) is 5.23. The van der Waals surface area contributed by atoms with E-state index in [0.717, 1.165) is 16.6 Å².